The topological polar surface area (TPSA) is 54.4 Å². The molecule has 136 valence electrons. The fourth-order valence-corrected chi connectivity index (χ4v) is 3.33. The number of pyridine rings is 1. The van der Waals surface area contributed by atoms with Gasteiger partial charge in [-0.25, -0.2) is 4.98 Å². The number of hydrogen-bond donors (Lipinski definition) is 2. The number of ether oxygens (including phenoxy) is 1. The van der Waals surface area contributed by atoms with Gasteiger partial charge in [-0.2, -0.15) is 0 Å². The maximum atomic E-state index is 9.45. The van der Waals surface area contributed by atoms with Crippen molar-refractivity contribution < 1.29 is 9.84 Å². The molecule has 27 heavy (non-hydrogen) atoms. The van der Waals surface area contributed by atoms with Crippen LogP contribution >= 0.6 is 0 Å². The highest BCUT2D eigenvalue weighted by Crippen LogP contribution is 2.36. The summed E-state index contributed by atoms with van der Waals surface area (Å²) in [6, 6.07) is 18.0. The van der Waals surface area contributed by atoms with Gasteiger partial charge in [-0.15, -0.1) is 0 Å². The van der Waals surface area contributed by atoms with Crippen LogP contribution in [0.4, 0.5) is 11.4 Å². The molecule has 4 heteroatoms. The predicted octanol–water partition coefficient (Wildman–Crippen LogP) is 5.25. The average Bonchev–Trinajstić information content (AvgIpc) is 2.69. The van der Waals surface area contributed by atoms with Crippen molar-refractivity contribution >= 4 is 33.2 Å². The lowest BCUT2D eigenvalue weighted by Crippen LogP contribution is -1.98. The highest BCUT2D eigenvalue weighted by Gasteiger charge is 2.12. The third-order valence-electron chi connectivity index (χ3n) is 4.97. The van der Waals surface area contributed by atoms with Crippen LogP contribution in [0.15, 0.2) is 54.6 Å². The summed E-state index contributed by atoms with van der Waals surface area (Å²) in [6.45, 7) is 4.23. The third kappa shape index (κ3) is 3.20. The first-order valence-corrected chi connectivity index (χ1v) is 8.94. The Bertz CT molecular complexity index is 1150. The minimum Gasteiger partial charge on any atom is -0.497 e. The minimum atomic E-state index is 0.0134. The zero-order chi connectivity index (χ0) is 19.0. The highest BCUT2D eigenvalue weighted by atomic mass is 16.5. The minimum absolute atomic E-state index is 0.0134. The number of rotatable bonds is 4. The second-order valence-corrected chi connectivity index (χ2v) is 6.81. The van der Waals surface area contributed by atoms with Gasteiger partial charge in [0.2, 0.25) is 0 Å². The van der Waals surface area contributed by atoms with Crippen LogP contribution in [0.25, 0.3) is 21.8 Å². The van der Waals surface area contributed by atoms with Gasteiger partial charge in [0.05, 0.1) is 30.4 Å². The van der Waals surface area contributed by atoms with Crippen LogP contribution in [0.1, 0.15) is 16.7 Å². The van der Waals surface area contributed by atoms with Crippen LogP contribution in [0.5, 0.6) is 5.75 Å². The molecule has 1 heterocycles. The Morgan fingerprint density at radius 1 is 0.926 bits per heavy atom. The van der Waals surface area contributed by atoms with Crippen LogP contribution in [0, 0.1) is 13.8 Å². The molecule has 0 aliphatic carbocycles. The van der Waals surface area contributed by atoms with E-state index in [1.165, 1.54) is 11.1 Å². The Morgan fingerprint density at radius 2 is 1.70 bits per heavy atom. The standard InChI is InChI=1S/C23H22N2O2/c1-14-9-19-22(10-15(14)2)25-21-8-7-18(27-3)12-20(21)23(19)24-17-6-4-5-16(11-17)13-26/h4-12,26H,13H2,1-3H3,(H,24,25). The molecule has 0 fully saturated rings. The number of aliphatic hydroxyl groups excluding tert-OH is 1. The van der Waals surface area contributed by atoms with E-state index in [9.17, 15) is 5.11 Å². The van der Waals surface area contributed by atoms with Gasteiger partial charge in [0, 0.05) is 16.5 Å². The van der Waals surface area contributed by atoms with Crippen molar-refractivity contribution in [2.75, 3.05) is 12.4 Å². The van der Waals surface area contributed by atoms with E-state index < -0.39 is 0 Å². The molecule has 0 amide bonds. The van der Waals surface area contributed by atoms with E-state index >= 15 is 0 Å². The lowest BCUT2D eigenvalue weighted by atomic mass is 10.0. The molecule has 3 aromatic carbocycles. The Kier molecular flexibility index (Phi) is 4.42. The molecule has 0 saturated carbocycles. The van der Waals surface area contributed by atoms with Crippen LogP contribution in [-0.4, -0.2) is 17.2 Å². The normalized spacial score (nSPS) is 11.1. The quantitative estimate of drug-likeness (QED) is 0.489. The summed E-state index contributed by atoms with van der Waals surface area (Å²) >= 11 is 0. The Labute approximate surface area is 158 Å². The van der Waals surface area contributed by atoms with E-state index in [1.54, 1.807) is 7.11 Å². The summed E-state index contributed by atoms with van der Waals surface area (Å²) < 4.78 is 5.43. The molecule has 0 spiro atoms. The van der Waals surface area contributed by atoms with Crippen LogP contribution in [-0.2, 0) is 6.61 Å². The van der Waals surface area contributed by atoms with Crippen LogP contribution in [0.3, 0.4) is 0 Å². The molecule has 4 rings (SSSR count). The SMILES string of the molecule is COc1ccc2nc3cc(C)c(C)cc3c(Nc3cccc(CO)c3)c2c1. The number of anilines is 2. The molecule has 0 aliphatic rings. The molecular formula is C23H22N2O2. The van der Waals surface area contributed by atoms with Crippen molar-refractivity contribution in [3.8, 4) is 5.75 Å². The van der Waals surface area contributed by atoms with Crippen molar-refractivity contribution in [1.82, 2.24) is 4.98 Å². The number of nitrogens with zero attached hydrogens (tertiary/aromatic N) is 1. The lowest BCUT2D eigenvalue weighted by molar-refractivity contribution is 0.282. The summed E-state index contributed by atoms with van der Waals surface area (Å²) in [6.07, 6.45) is 0. The molecule has 0 radical (unpaired) electrons. The summed E-state index contributed by atoms with van der Waals surface area (Å²) in [7, 11) is 1.67. The molecular weight excluding hydrogens is 336 g/mol. The maximum absolute atomic E-state index is 9.45. The molecule has 0 aliphatic heterocycles. The van der Waals surface area contributed by atoms with Gasteiger partial charge in [0.1, 0.15) is 5.75 Å². The zero-order valence-corrected chi connectivity index (χ0v) is 15.7. The molecule has 0 saturated heterocycles. The predicted molar refractivity (Wildman–Crippen MR) is 111 cm³/mol. The van der Waals surface area contributed by atoms with Crippen molar-refractivity contribution in [3.63, 3.8) is 0 Å². The van der Waals surface area contributed by atoms with Crippen molar-refractivity contribution in [1.29, 1.82) is 0 Å². The molecule has 4 nitrogen and oxygen atoms in total. The molecule has 0 unspecified atom stereocenters. The Morgan fingerprint density at radius 3 is 2.48 bits per heavy atom. The van der Waals surface area contributed by atoms with Gasteiger partial charge in [-0.3, -0.25) is 0 Å². The molecule has 1 aromatic heterocycles. The lowest BCUT2D eigenvalue weighted by Gasteiger charge is -2.16. The molecule has 0 atom stereocenters. The van der Waals surface area contributed by atoms with E-state index in [4.69, 9.17) is 9.72 Å². The van der Waals surface area contributed by atoms with E-state index in [0.717, 1.165) is 44.5 Å². The number of aliphatic hydroxyl groups is 1. The summed E-state index contributed by atoms with van der Waals surface area (Å²) in [5, 5.41) is 15.1. The number of aryl methyl sites for hydroxylation is 2. The second kappa shape index (κ2) is 6.89. The van der Waals surface area contributed by atoms with Gasteiger partial charge < -0.3 is 15.2 Å². The summed E-state index contributed by atoms with van der Waals surface area (Å²) in [4.78, 5) is 4.86. The Hall–Kier alpha value is -3.11. The molecule has 4 aromatic rings. The van der Waals surface area contributed by atoms with Crippen LogP contribution in [0.2, 0.25) is 0 Å². The van der Waals surface area contributed by atoms with E-state index in [1.807, 2.05) is 42.5 Å². The largest absolute Gasteiger partial charge is 0.497 e. The first-order valence-electron chi connectivity index (χ1n) is 8.94. The smallest absolute Gasteiger partial charge is 0.119 e. The number of fused-ring (bicyclic) bond motifs is 2. The van der Waals surface area contributed by atoms with Gasteiger partial charge in [0.25, 0.3) is 0 Å². The zero-order valence-electron chi connectivity index (χ0n) is 15.7. The molecule has 2 N–H and O–H groups in total. The second-order valence-electron chi connectivity index (χ2n) is 6.81. The molecule has 0 bridgehead atoms. The summed E-state index contributed by atoms with van der Waals surface area (Å²) in [5.41, 5.74) is 7.09. The van der Waals surface area contributed by atoms with Gasteiger partial charge in [-0.1, -0.05) is 12.1 Å². The van der Waals surface area contributed by atoms with Crippen molar-refractivity contribution in [2.24, 2.45) is 0 Å². The van der Waals surface area contributed by atoms with Gasteiger partial charge in [-0.05, 0) is 73.0 Å². The van der Waals surface area contributed by atoms with Gasteiger partial charge in [0.15, 0.2) is 0 Å². The van der Waals surface area contributed by atoms with Crippen molar-refractivity contribution in [2.45, 2.75) is 20.5 Å². The van der Waals surface area contributed by atoms with Crippen LogP contribution < -0.4 is 10.1 Å². The monoisotopic (exact) mass is 358 g/mol. The fourth-order valence-electron chi connectivity index (χ4n) is 3.33. The van der Waals surface area contributed by atoms with Gasteiger partial charge >= 0.3 is 0 Å². The first-order chi connectivity index (χ1) is 13.1. The number of benzene rings is 3. The van der Waals surface area contributed by atoms with Crippen molar-refractivity contribution in [3.05, 3.63) is 71.3 Å². The van der Waals surface area contributed by atoms with E-state index in [0.29, 0.717) is 0 Å². The fraction of sp³-hybridized carbons (Fsp3) is 0.174. The maximum Gasteiger partial charge on any atom is 0.119 e. The number of aromatic nitrogens is 1. The van der Waals surface area contributed by atoms with E-state index in [-0.39, 0.29) is 6.61 Å². The average molecular weight is 358 g/mol. The Balaban J connectivity index is 2.01. The third-order valence-corrected chi connectivity index (χ3v) is 4.97. The number of nitrogens with one attached hydrogen (secondary N) is 1. The summed E-state index contributed by atoms with van der Waals surface area (Å²) in [5.74, 6) is 0.791. The van der Waals surface area contributed by atoms with E-state index in [2.05, 4.69) is 31.3 Å². The number of methoxy groups -OCH3 is 1. The first kappa shape index (κ1) is 17.3. The number of hydrogen-bond acceptors (Lipinski definition) is 4. The highest BCUT2D eigenvalue weighted by molar-refractivity contribution is 6.09.